The number of para-hydroxylation sites is 1. The van der Waals surface area contributed by atoms with E-state index in [0.717, 1.165) is 5.56 Å². The highest BCUT2D eigenvalue weighted by Gasteiger charge is 1.94. The lowest BCUT2D eigenvalue weighted by Crippen LogP contribution is -1.76. The highest BCUT2D eigenvalue weighted by molar-refractivity contribution is 5.72. The lowest BCUT2D eigenvalue weighted by Gasteiger charge is -1.97. The van der Waals surface area contributed by atoms with E-state index in [9.17, 15) is 9.50 Å². The van der Waals surface area contributed by atoms with Gasteiger partial charge in [0.1, 0.15) is 11.6 Å². The van der Waals surface area contributed by atoms with Crippen LogP contribution in [-0.4, -0.2) is 5.11 Å². The first-order chi connectivity index (χ1) is 7.75. The van der Waals surface area contributed by atoms with Crippen LogP contribution in [0.4, 0.5) is 4.39 Å². The average Bonchev–Trinajstić information content (AvgIpc) is 2.28. The summed E-state index contributed by atoms with van der Waals surface area (Å²) in [6.45, 7) is 0. The van der Waals surface area contributed by atoms with Crippen LogP contribution in [0.5, 0.6) is 5.75 Å². The molecule has 0 aliphatic rings. The van der Waals surface area contributed by atoms with Crippen LogP contribution in [0.25, 0.3) is 12.2 Å². The average molecular weight is 214 g/mol. The van der Waals surface area contributed by atoms with Crippen molar-refractivity contribution >= 4 is 12.2 Å². The molecule has 80 valence electrons. The minimum Gasteiger partial charge on any atom is -0.507 e. The van der Waals surface area contributed by atoms with Crippen LogP contribution in [0.1, 0.15) is 11.1 Å². The topological polar surface area (TPSA) is 20.2 Å². The third-order valence-corrected chi connectivity index (χ3v) is 2.24. The molecular formula is C14H11FO. The minimum absolute atomic E-state index is 0.218. The Kier molecular flexibility index (Phi) is 3.01. The molecule has 2 rings (SSSR count). The van der Waals surface area contributed by atoms with Crippen molar-refractivity contribution in [2.24, 2.45) is 0 Å². The smallest absolute Gasteiger partial charge is 0.123 e. The van der Waals surface area contributed by atoms with Crippen molar-refractivity contribution in [2.75, 3.05) is 0 Å². The van der Waals surface area contributed by atoms with Crippen LogP contribution < -0.4 is 0 Å². The molecule has 0 aliphatic heterocycles. The molecular weight excluding hydrogens is 203 g/mol. The predicted octanol–water partition coefficient (Wildman–Crippen LogP) is 3.70. The van der Waals surface area contributed by atoms with Gasteiger partial charge in [-0.2, -0.15) is 0 Å². The Hall–Kier alpha value is -2.09. The van der Waals surface area contributed by atoms with Crippen molar-refractivity contribution in [3.63, 3.8) is 0 Å². The SMILES string of the molecule is Oc1ccccc1/C=C/c1cccc(F)c1. The summed E-state index contributed by atoms with van der Waals surface area (Å²) in [7, 11) is 0. The Morgan fingerprint density at radius 2 is 1.75 bits per heavy atom. The molecule has 0 fully saturated rings. The number of benzene rings is 2. The fourth-order valence-corrected chi connectivity index (χ4v) is 1.42. The van der Waals surface area contributed by atoms with E-state index in [1.165, 1.54) is 12.1 Å². The van der Waals surface area contributed by atoms with Crippen LogP contribution >= 0.6 is 0 Å². The molecule has 0 saturated heterocycles. The van der Waals surface area contributed by atoms with Gasteiger partial charge in [0.05, 0.1) is 0 Å². The number of hydrogen-bond donors (Lipinski definition) is 1. The highest BCUT2D eigenvalue weighted by Crippen LogP contribution is 2.18. The zero-order chi connectivity index (χ0) is 11.4. The maximum absolute atomic E-state index is 12.9. The fourth-order valence-electron chi connectivity index (χ4n) is 1.42. The lowest BCUT2D eigenvalue weighted by molar-refractivity contribution is 0.474. The van der Waals surface area contributed by atoms with Crippen LogP contribution in [0.15, 0.2) is 48.5 Å². The first-order valence-electron chi connectivity index (χ1n) is 4.97. The number of aromatic hydroxyl groups is 1. The standard InChI is InChI=1S/C14H11FO/c15-13-6-3-4-11(10-13)8-9-12-5-1-2-7-14(12)16/h1-10,16H/b9-8+. The molecule has 0 bridgehead atoms. The zero-order valence-electron chi connectivity index (χ0n) is 8.60. The number of phenols is 1. The Morgan fingerprint density at radius 1 is 0.938 bits per heavy atom. The Labute approximate surface area is 93.5 Å². The third-order valence-electron chi connectivity index (χ3n) is 2.24. The van der Waals surface area contributed by atoms with Crippen molar-refractivity contribution in [1.29, 1.82) is 0 Å². The molecule has 2 aromatic rings. The molecule has 1 N–H and O–H groups in total. The molecule has 1 nitrogen and oxygen atoms in total. The van der Waals surface area contributed by atoms with E-state index < -0.39 is 0 Å². The van der Waals surface area contributed by atoms with Gasteiger partial charge in [-0.1, -0.05) is 42.5 Å². The molecule has 0 saturated carbocycles. The van der Waals surface area contributed by atoms with Gasteiger partial charge in [0.25, 0.3) is 0 Å². The van der Waals surface area contributed by atoms with Gasteiger partial charge < -0.3 is 5.11 Å². The Balaban J connectivity index is 2.25. The van der Waals surface area contributed by atoms with Gasteiger partial charge in [0.15, 0.2) is 0 Å². The number of rotatable bonds is 2. The first kappa shape index (κ1) is 10.4. The highest BCUT2D eigenvalue weighted by atomic mass is 19.1. The quantitative estimate of drug-likeness (QED) is 0.756. The van der Waals surface area contributed by atoms with Crippen LogP contribution in [0, 0.1) is 5.82 Å². The Bertz CT molecular complexity index is 518. The second-order valence-electron chi connectivity index (χ2n) is 3.45. The van der Waals surface area contributed by atoms with Gasteiger partial charge in [-0.15, -0.1) is 0 Å². The molecule has 0 heterocycles. The van der Waals surface area contributed by atoms with E-state index >= 15 is 0 Å². The van der Waals surface area contributed by atoms with Crippen LogP contribution in [0.2, 0.25) is 0 Å². The second kappa shape index (κ2) is 4.62. The van der Waals surface area contributed by atoms with Gasteiger partial charge in [-0.05, 0) is 23.8 Å². The van der Waals surface area contributed by atoms with Crippen molar-refractivity contribution in [1.82, 2.24) is 0 Å². The number of hydrogen-bond acceptors (Lipinski definition) is 1. The van der Waals surface area contributed by atoms with Crippen LogP contribution in [0.3, 0.4) is 0 Å². The van der Waals surface area contributed by atoms with E-state index in [2.05, 4.69) is 0 Å². The Morgan fingerprint density at radius 3 is 2.50 bits per heavy atom. The minimum atomic E-state index is -0.264. The van der Waals surface area contributed by atoms with E-state index in [4.69, 9.17) is 0 Å². The normalized spacial score (nSPS) is 10.8. The summed E-state index contributed by atoms with van der Waals surface area (Å²) in [4.78, 5) is 0. The lowest BCUT2D eigenvalue weighted by atomic mass is 10.1. The van der Waals surface area contributed by atoms with Crippen molar-refractivity contribution in [2.45, 2.75) is 0 Å². The largest absolute Gasteiger partial charge is 0.507 e. The molecule has 2 heteroatoms. The molecule has 0 atom stereocenters. The molecule has 0 aromatic heterocycles. The summed E-state index contributed by atoms with van der Waals surface area (Å²) in [5, 5.41) is 9.52. The maximum Gasteiger partial charge on any atom is 0.123 e. The third kappa shape index (κ3) is 2.48. The van der Waals surface area contributed by atoms with Crippen LogP contribution in [-0.2, 0) is 0 Å². The van der Waals surface area contributed by atoms with Gasteiger partial charge in [0, 0.05) is 5.56 Å². The van der Waals surface area contributed by atoms with Gasteiger partial charge in [-0.25, -0.2) is 4.39 Å². The summed E-state index contributed by atoms with van der Waals surface area (Å²) in [5.41, 5.74) is 1.48. The van der Waals surface area contributed by atoms with Crippen molar-refractivity contribution in [3.8, 4) is 5.75 Å². The maximum atomic E-state index is 12.9. The predicted molar refractivity (Wildman–Crippen MR) is 63.4 cm³/mol. The molecule has 0 unspecified atom stereocenters. The number of halogens is 1. The van der Waals surface area contributed by atoms with Crippen molar-refractivity contribution in [3.05, 3.63) is 65.5 Å². The van der Waals surface area contributed by atoms with Crippen molar-refractivity contribution < 1.29 is 9.50 Å². The summed E-state index contributed by atoms with van der Waals surface area (Å²) in [6.07, 6.45) is 3.52. The van der Waals surface area contributed by atoms with E-state index in [1.807, 2.05) is 6.07 Å². The van der Waals surface area contributed by atoms with Gasteiger partial charge >= 0.3 is 0 Å². The molecule has 0 radical (unpaired) electrons. The second-order valence-corrected chi connectivity index (χ2v) is 3.45. The first-order valence-corrected chi connectivity index (χ1v) is 4.97. The zero-order valence-corrected chi connectivity index (χ0v) is 8.60. The summed E-state index contributed by atoms with van der Waals surface area (Å²) < 4.78 is 12.9. The summed E-state index contributed by atoms with van der Waals surface area (Å²) >= 11 is 0. The molecule has 2 aromatic carbocycles. The van der Waals surface area contributed by atoms with Gasteiger partial charge in [0.2, 0.25) is 0 Å². The fraction of sp³-hybridized carbons (Fsp3) is 0. The van der Waals surface area contributed by atoms with E-state index in [1.54, 1.807) is 42.5 Å². The van der Waals surface area contributed by atoms with E-state index in [-0.39, 0.29) is 11.6 Å². The van der Waals surface area contributed by atoms with E-state index in [0.29, 0.717) is 5.56 Å². The molecule has 0 amide bonds. The summed E-state index contributed by atoms with van der Waals surface area (Å²) in [5.74, 6) is -0.0467. The molecule has 0 spiro atoms. The summed E-state index contributed by atoms with van der Waals surface area (Å²) in [6, 6.07) is 13.3. The van der Waals surface area contributed by atoms with Gasteiger partial charge in [-0.3, -0.25) is 0 Å². The monoisotopic (exact) mass is 214 g/mol. The number of phenolic OH excluding ortho intramolecular Hbond substituents is 1. The molecule has 0 aliphatic carbocycles. The molecule has 16 heavy (non-hydrogen) atoms.